The largest absolute Gasteiger partial charge is 0.506 e. The molecule has 0 spiro atoms. The Hall–Kier alpha value is -1.54. The van der Waals surface area contributed by atoms with E-state index in [1.807, 2.05) is 24.3 Å². The third kappa shape index (κ3) is 2.10. The molecule has 0 bridgehead atoms. The number of halogens is 1. The molecule has 0 amide bonds. The normalized spacial score (nSPS) is 10.3. The van der Waals surface area contributed by atoms with Crippen LogP contribution < -0.4 is 0 Å². The molecule has 0 saturated carbocycles. The summed E-state index contributed by atoms with van der Waals surface area (Å²) in [7, 11) is 0. The van der Waals surface area contributed by atoms with Crippen LogP contribution in [0.3, 0.4) is 0 Å². The fourth-order valence-corrected chi connectivity index (χ4v) is 1.46. The average molecular weight is 220 g/mol. The molecular weight excluding hydrogens is 210 g/mol. The lowest BCUT2D eigenvalue weighted by atomic mass is 10.1. The van der Waals surface area contributed by atoms with E-state index in [2.05, 4.69) is 4.98 Å². The molecule has 0 saturated heterocycles. The molecule has 0 aliphatic rings. The van der Waals surface area contributed by atoms with Gasteiger partial charge in [-0.15, -0.1) is 0 Å². The second-order valence-electron chi connectivity index (χ2n) is 3.31. The van der Waals surface area contributed by atoms with Crippen LogP contribution in [-0.4, -0.2) is 10.1 Å². The maximum absolute atomic E-state index is 9.35. The van der Waals surface area contributed by atoms with E-state index in [1.165, 1.54) is 0 Å². The average Bonchev–Trinajstić information content (AvgIpc) is 2.23. The quantitative estimate of drug-likeness (QED) is 0.797. The van der Waals surface area contributed by atoms with Crippen molar-refractivity contribution in [2.75, 3.05) is 0 Å². The molecule has 76 valence electrons. The van der Waals surface area contributed by atoms with Crippen LogP contribution in [0.5, 0.6) is 5.75 Å². The highest BCUT2D eigenvalue weighted by Gasteiger charge is 2.02. The topological polar surface area (TPSA) is 33.1 Å². The van der Waals surface area contributed by atoms with Crippen LogP contribution in [0.4, 0.5) is 0 Å². The van der Waals surface area contributed by atoms with Gasteiger partial charge in [-0.05, 0) is 31.2 Å². The molecule has 1 aromatic carbocycles. The Balaban J connectivity index is 2.45. The second kappa shape index (κ2) is 3.91. The lowest BCUT2D eigenvalue weighted by Crippen LogP contribution is -1.86. The highest BCUT2D eigenvalue weighted by molar-refractivity contribution is 6.30. The SMILES string of the molecule is Cc1nc(-c2ccc(Cl)cc2)ccc1O. The molecule has 0 radical (unpaired) electrons. The summed E-state index contributed by atoms with van der Waals surface area (Å²) in [6.45, 7) is 1.77. The first kappa shape index (κ1) is 9.99. The van der Waals surface area contributed by atoms with Crippen molar-refractivity contribution in [2.45, 2.75) is 6.92 Å². The number of benzene rings is 1. The molecule has 2 rings (SSSR count). The van der Waals surface area contributed by atoms with Gasteiger partial charge in [0.25, 0.3) is 0 Å². The van der Waals surface area contributed by atoms with E-state index in [4.69, 9.17) is 11.6 Å². The molecule has 0 atom stereocenters. The lowest BCUT2D eigenvalue weighted by Gasteiger charge is -2.03. The van der Waals surface area contributed by atoms with E-state index < -0.39 is 0 Å². The number of rotatable bonds is 1. The van der Waals surface area contributed by atoms with E-state index in [0.717, 1.165) is 11.3 Å². The molecule has 0 aliphatic carbocycles. The third-order valence-corrected chi connectivity index (χ3v) is 2.45. The summed E-state index contributed by atoms with van der Waals surface area (Å²) in [6.07, 6.45) is 0. The molecule has 0 aliphatic heterocycles. The van der Waals surface area contributed by atoms with Crippen LogP contribution in [0.1, 0.15) is 5.69 Å². The Morgan fingerprint density at radius 1 is 1.07 bits per heavy atom. The van der Waals surface area contributed by atoms with Crippen molar-refractivity contribution < 1.29 is 5.11 Å². The van der Waals surface area contributed by atoms with Gasteiger partial charge in [0.1, 0.15) is 5.75 Å². The van der Waals surface area contributed by atoms with Gasteiger partial charge in [-0.3, -0.25) is 0 Å². The van der Waals surface area contributed by atoms with Gasteiger partial charge in [0, 0.05) is 10.6 Å². The van der Waals surface area contributed by atoms with Crippen LogP contribution in [0.2, 0.25) is 5.02 Å². The summed E-state index contributed by atoms with van der Waals surface area (Å²) in [5, 5.41) is 10.1. The van der Waals surface area contributed by atoms with Crippen molar-refractivity contribution >= 4 is 11.6 Å². The van der Waals surface area contributed by atoms with Gasteiger partial charge in [0.05, 0.1) is 11.4 Å². The minimum Gasteiger partial charge on any atom is -0.506 e. The Morgan fingerprint density at radius 3 is 2.33 bits per heavy atom. The van der Waals surface area contributed by atoms with Gasteiger partial charge in [0.15, 0.2) is 0 Å². The van der Waals surface area contributed by atoms with Gasteiger partial charge in [-0.25, -0.2) is 4.98 Å². The minimum atomic E-state index is 0.215. The summed E-state index contributed by atoms with van der Waals surface area (Å²) >= 11 is 5.80. The molecule has 1 aromatic heterocycles. The molecule has 2 nitrogen and oxygen atoms in total. The zero-order valence-electron chi connectivity index (χ0n) is 8.24. The van der Waals surface area contributed by atoms with E-state index in [9.17, 15) is 5.11 Å². The smallest absolute Gasteiger partial charge is 0.136 e. The first-order valence-corrected chi connectivity index (χ1v) is 4.97. The van der Waals surface area contributed by atoms with Crippen LogP contribution in [0, 0.1) is 6.92 Å². The number of aromatic nitrogens is 1. The molecule has 0 fully saturated rings. The number of pyridine rings is 1. The Bertz CT molecular complexity index is 479. The predicted molar refractivity (Wildman–Crippen MR) is 61.1 cm³/mol. The second-order valence-corrected chi connectivity index (χ2v) is 3.74. The van der Waals surface area contributed by atoms with E-state index in [-0.39, 0.29) is 5.75 Å². The molecule has 1 heterocycles. The summed E-state index contributed by atoms with van der Waals surface area (Å²) in [5.74, 6) is 0.215. The van der Waals surface area contributed by atoms with Gasteiger partial charge >= 0.3 is 0 Å². The summed E-state index contributed by atoms with van der Waals surface area (Å²) in [6, 6.07) is 10.9. The van der Waals surface area contributed by atoms with Gasteiger partial charge in [-0.1, -0.05) is 23.7 Å². The number of nitrogens with zero attached hydrogens (tertiary/aromatic N) is 1. The van der Waals surface area contributed by atoms with Crippen molar-refractivity contribution in [3.63, 3.8) is 0 Å². The van der Waals surface area contributed by atoms with Crippen molar-refractivity contribution in [1.29, 1.82) is 0 Å². The van der Waals surface area contributed by atoms with E-state index >= 15 is 0 Å². The summed E-state index contributed by atoms with van der Waals surface area (Å²) < 4.78 is 0. The number of aromatic hydroxyl groups is 1. The number of aryl methyl sites for hydroxylation is 1. The van der Waals surface area contributed by atoms with Crippen LogP contribution in [0.25, 0.3) is 11.3 Å². The highest BCUT2D eigenvalue weighted by Crippen LogP contribution is 2.23. The predicted octanol–water partition coefficient (Wildman–Crippen LogP) is 3.42. The number of hydrogen-bond acceptors (Lipinski definition) is 2. The molecule has 2 aromatic rings. The van der Waals surface area contributed by atoms with Gasteiger partial charge in [-0.2, -0.15) is 0 Å². The zero-order chi connectivity index (χ0) is 10.8. The van der Waals surface area contributed by atoms with Crippen LogP contribution in [0.15, 0.2) is 36.4 Å². The Kier molecular flexibility index (Phi) is 2.60. The van der Waals surface area contributed by atoms with Crippen molar-refractivity contribution in [3.05, 3.63) is 47.1 Å². The fourth-order valence-electron chi connectivity index (χ4n) is 1.34. The first-order chi connectivity index (χ1) is 7.16. The lowest BCUT2D eigenvalue weighted by molar-refractivity contribution is 0.468. The number of hydrogen-bond donors (Lipinski definition) is 1. The van der Waals surface area contributed by atoms with Gasteiger partial charge < -0.3 is 5.11 Å². The van der Waals surface area contributed by atoms with Crippen molar-refractivity contribution in [1.82, 2.24) is 4.98 Å². The monoisotopic (exact) mass is 219 g/mol. The van der Waals surface area contributed by atoms with Crippen LogP contribution >= 0.6 is 11.6 Å². The standard InChI is InChI=1S/C12H10ClNO/c1-8-12(15)7-6-11(14-8)9-2-4-10(13)5-3-9/h2-7,15H,1H3. The van der Waals surface area contributed by atoms with Crippen LogP contribution in [-0.2, 0) is 0 Å². The molecule has 3 heteroatoms. The summed E-state index contributed by atoms with van der Waals surface area (Å²) in [5.41, 5.74) is 2.45. The Morgan fingerprint density at radius 2 is 1.73 bits per heavy atom. The Labute approximate surface area is 93.2 Å². The van der Waals surface area contributed by atoms with Crippen molar-refractivity contribution in [2.24, 2.45) is 0 Å². The minimum absolute atomic E-state index is 0.215. The van der Waals surface area contributed by atoms with Crippen molar-refractivity contribution in [3.8, 4) is 17.0 Å². The first-order valence-electron chi connectivity index (χ1n) is 4.59. The third-order valence-electron chi connectivity index (χ3n) is 2.20. The zero-order valence-corrected chi connectivity index (χ0v) is 8.99. The molecular formula is C12H10ClNO. The maximum atomic E-state index is 9.35. The summed E-state index contributed by atoms with van der Waals surface area (Å²) in [4.78, 5) is 4.28. The maximum Gasteiger partial charge on any atom is 0.136 e. The van der Waals surface area contributed by atoms with Gasteiger partial charge in [0.2, 0.25) is 0 Å². The molecule has 0 unspecified atom stereocenters. The fraction of sp³-hybridized carbons (Fsp3) is 0.0833. The van der Waals surface area contributed by atoms with E-state index in [1.54, 1.807) is 19.1 Å². The molecule has 15 heavy (non-hydrogen) atoms. The molecule has 1 N–H and O–H groups in total. The highest BCUT2D eigenvalue weighted by atomic mass is 35.5. The van der Waals surface area contributed by atoms with E-state index in [0.29, 0.717) is 10.7 Å².